The molecule has 1 aliphatic heterocycles. The zero-order valence-electron chi connectivity index (χ0n) is 17.5. The molecule has 1 saturated heterocycles. The van der Waals surface area contributed by atoms with Gasteiger partial charge in [-0.25, -0.2) is 0 Å². The van der Waals surface area contributed by atoms with Crippen molar-refractivity contribution in [2.45, 2.75) is 18.4 Å². The molecule has 1 aromatic heterocycles. The number of aromatic nitrogens is 1. The Morgan fingerprint density at radius 1 is 0.906 bits per heavy atom. The van der Waals surface area contributed by atoms with Crippen LogP contribution in [-0.2, 0) is 4.79 Å². The minimum atomic E-state index is -1.15. The summed E-state index contributed by atoms with van der Waals surface area (Å²) in [6, 6.07) is 17.0. The first kappa shape index (κ1) is 20.3. The third-order valence-electron chi connectivity index (χ3n) is 6.13. The molecule has 2 aliphatic rings. The number of piperazine rings is 1. The van der Waals surface area contributed by atoms with E-state index in [4.69, 9.17) is 10.3 Å². The third kappa shape index (κ3) is 3.85. The van der Waals surface area contributed by atoms with Crippen LogP contribution < -0.4 is 5.73 Å². The highest BCUT2D eigenvalue weighted by Crippen LogP contribution is 2.37. The monoisotopic (exact) mass is 432 g/mol. The molecule has 3 N–H and O–H groups in total. The van der Waals surface area contributed by atoms with Crippen LogP contribution >= 0.6 is 0 Å². The molecule has 0 radical (unpaired) electrons. The minimum Gasteiger partial charge on any atom is -0.380 e. The molecule has 5 rings (SSSR count). The Bertz CT molecular complexity index is 1160. The van der Waals surface area contributed by atoms with Gasteiger partial charge in [0, 0.05) is 43.4 Å². The van der Waals surface area contributed by atoms with Crippen LogP contribution in [0.2, 0.25) is 0 Å². The summed E-state index contributed by atoms with van der Waals surface area (Å²) in [5, 5.41) is 14.0. The lowest BCUT2D eigenvalue weighted by molar-refractivity contribution is -0.143. The smallest absolute Gasteiger partial charge is 0.254 e. The van der Waals surface area contributed by atoms with Gasteiger partial charge in [0.2, 0.25) is 5.88 Å². The van der Waals surface area contributed by atoms with Crippen LogP contribution in [0.4, 0.5) is 5.88 Å². The Labute approximate surface area is 185 Å². The molecule has 2 aromatic carbocycles. The highest BCUT2D eigenvalue weighted by atomic mass is 16.5. The lowest BCUT2D eigenvalue weighted by Gasteiger charge is -2.35. The van der Waals surface area contributed by atoms with E-state index < -0.39 is 5.60 Å². The topological polar surface area (TPSA) is 113 Å². The normalized spacial score (nSPS) is 17.3. The van der Waals surface area contributed by atoms with E-state index in [1.165, 1.54) is 0 Å². The molecule has 1 saturated carbocycles. The van der Waals surface area contributed by atoms with E-state index in [9.17, 15) is 14.7 Å². The van der Waals surface area contributed by atoms with Gasteiger partial charge >= 0.3 is 0 Å². The van der Waals surface area contributed by atoms with E-state index >= 15 is 0 Å². The standard InChI is InChI=1S/C24H24N4O4/c25-21-15-20(26-32-21)19-3-1-2-18(14-19)16-4-6-17(7-5-16)22(29)27-10-12-28(13-11-27)23(30)24(31)8-9-24/h1-7,14-15,31H,8-13,25H2. The largest absolute Gasteiger partial charge is 0.380 e. The molecular weight excluding hydrogens is 408 g/mol. The molecule has 2 fully saturated rings. The van der Waals surface area contributed by atoms with Crippen LogP contribution in [0.15, 0.2) is 59.1 Å². The van der Waals surface area contributed by atoms with Crippen molar-refractivity contribution in [1.29, 1.82) is 0 Å². The van der Waals surface area contributed by atoms with Gasteiger partial charge < -0.3 is 25.2 Å². The predicted octanol–water partition coefficient (Wildman–Crippen LogP) is 2.40. The number of aliphatic hydroxyl groups is 1. The molecule has 32 heavy (non-hydrogen) atoms. The number of nitrogen functional groups attached to an aromatic ring is 1. The second-order valence-electron chi connectivity index (χ2n) is 8.39. The number of nitrogens with zero attached hydrogens (tertiary/aromatic N) is 3. The van der Waals surface area contributed by atoms with Crippen LogP contribution in [0.25, 0.3) is 22.4 Å². The number of amides is 2. The Morgan fingerprint density at radius 2 is 1.56 bits per heavy atom. The van der Waals surface area contributed by atoms with Crippen molar-refractivity contribution in [3.63, 3.8) is 0 Å². The molecule has 0 spiro atoms. The first-order valence-electron chi connectivity index (χ1n) is 10.7. The van der Waals surface area contributed by atoms with E-state index in [0.29, 0.717) is 50.3 Å². The fourth-order valence-corrected chi connectivity index (χ4v) is 4.01. The molecule has 164 valence electrons. The van der Waals surface area contributed by atoms with Gasteiger partial charge in [-0.1, -0.05) is 35.5 Å². The maximum Gasteiger partial charge on any atom is 0.254 e. The zero-order valence-corrected chi connectivity index (χ0v) is 17.5. The number of benzene rings is 2. The fraction of sp³-hybridized carbons (Fsp3) is 0.292. The first-order chi connectivity index (χ1) is 15.4. The number of hydrogen-bond donors (Lipinski definition) is 2. The molecule has 0 unspecified atom stereocenters. The van der Waals surface area contributed by atoms with Gasteiger partial charge in [-0.05, 0) is 42.2 Å². The van der Waals surface area contributed by atoms with Crippen molar-refractivity contribution in [2.75, 3.05) is 31.9 Å². The first-order valence-corrected chi connectivity index (χ1v) is 10.7. The number of anilines is 1. The fourth-order valence-electron chi connectivity index (χ4n) is 4.01. The molecule has 0 atom stereocenters. The summed E-state index contributed by atoms with van der Waals surface area (Å²) in [4.78, 5) is 28.6. The van der Waals surface area contributed by atoms with Crippen molar-refractivity contribution < 1.29 is 19.2 Å². The van der Waals surface area contributed by atoms with Gasteiger partial charge in [0.1, 0.15) is 11.3 Å². The van der Waals surface area contributed by atoms with Crippen LogP contribution in [0.1, 0.15) is 23.2 Å². The van der Waals surface area contributed by atoms with E-state index in [-0.39, 0.29) is 17.7 Å². The molecule has 1 aliphatic carbocycles. The minimum absolute atomic E-state index is 0.0550. The molecular formula is C24H24N4O4. The van der Waals surface area contributed by atoms with Crippen LogP contribution in [0, 0.1) is 0 Å². The lowest BCUT2D eigenvalue weighted by Crippen LogP contribution is -2.53. The van der Waals surface area contributed by atoms with Gasteiger partial charge in [-0.2, -0.15) is 0 Å². The predicted molar refractivity (Wildman–Crippen MR) is 118 cm³/mol. The van der Waals surface area contributed by atoms with E-state index in [2.05, 4.69) is 5.16 Å². The maximum absolute atomic E-state index is 12.9. The van der Waals surface area contributed by atoms with Crippen LogP contribution in [-0.4, -0.2) is 63.7 Å². The van der Waals surface area contributed by atoms with Gasteiger partial charge in [0.25, 0.3) is 11.8 Å². The highest BCUT2D eigenvalue weighted by molar-refractivity contribution is 5.95. The molecule has 0 bridgehead atoms. The number of nitrogens with two attached hydrogens (primary N) is 1. The summed E-state index contributed by atoms with van der Waals surface area (Å²) < 4.78 is 4.96. The van der Waals surface area contributed by atoms with Gasteiger partial charge in [0.15, 0.2) is 0 Å². The quantitative estimate of drug-likeness (QED) is 0.655. The summed E-state index contributed by atoms with van der Waals surface area (Å²) in [6.07, 6.45) is 1.07. The Kier molecular flexibility index (Phi) is 4.94. The zero-order chi connectivity index (χ0) is 22.3. The van der Waals surface area contributed by atoms with Crippen molar-refractivity contribution >= 4 is 17.7 Å². The maximum atomic E-state index is 12.9. The number of carbonyl (C=O) groups is 2. The summed E-state index contributed by atoms with van der Waals surface area (Å²) in [6.45, 7) is 1.82. The summed E-state index contributed by atoms with van der Waals surface area (Å²) in [7, 11) is 0. The van der Waals surface area contributed by atoms with E-state index in [0.717, 1.165) is 16.7 Å². The van der Waals surface area contributed by atoms with Crippen LogP contribution in [0.5, 0.6) is 0 Å². The number of rotatable bonds is 4. The number of carbonyl (C=O) groups excluding carboxylic acids is 2. The average Bonchev–Trinajstić information content (AvgIpc) is 3.44. The molecule has 2 amide bonds. The summed E-state index contributed by atoms with van der Waals surface area (Å²) >= 11 is 0. The van der Waals surface area contributed by atoms with Crippen molar-refractivity contribution in [3.05, 3.63) is 60.2 Å². The molecule has 3 aromatic rings. The third-order valence-corrected chi connectivity index (χ3v) is 6.13. The van der Waals surface area contributed by atoms with Crippen molar-refractivity contribution in [2.24, 2.45) is 0 Å². The highest BCUT2D eigenvalue weighted by Gasteiger charge is 2.50. The summed E-state index contributed by atoms with van der Waals surface area (Å²) in [5.41, 5.74) is 8.61. The Hall–Kier alpha value is -3.65. The van der Waals surface area contributed by atoms with Gasteiger partial charge in [0.05, 0.1) is 0 Å². The van der Waals surface area contributed by atoms with Gasteiger partial charge in [-0.15, -0.1) is 0 Å². The second-order valence-corrected chi connectivity index (χ2v) is 8.39. The van der Waals surface area contributed by atoms with Gasteiger partial charge in [-0.3, -0.25) is 9.59 Å². The van der Waals surface area contributed by atoms with Crippen molar-refractivity contribution in [1.82, 2.24) is 15.0 Å². The average molecular weight is 432 g/mol. The molecule has 8 nitrogen and oxygen atoms in total. The second kappa shape index (κ2) is 7.80. The van der Waals surface area contributed by atoms with Crippen LogP contribution in [0.3, 0.4) is 0 Å². The lowest BCUT2D eigenvalue weighted by atomic mass is 10.0. The Morgan fingerprint density at radius 3 is 2.19 bits per heavy atom. The molecule has 2 heterocycles. The Balaban J connectivity index is 1.25. The number of hydrogen-bond acceptors (Lipinski definition) is 6. The summed E-state index contributed by atoms with van der Waals surface area (Å²) in [5.74, 6) is 0.00645. The van der Waals surface area contributed by atoms with Crippen molar-refractivity contribution in [3.8, 4) is 22.4 Å². The SMILES string of the molecule is Nc1cc(-c2cccc(-c3ccc(C(=O)N4CCN(C(=O)C5(O)CC5)CC4)cc3)c2)no1. The van der Waals surface area contributed by atoms with E-state index in [1.807, 2.05) is 48.5 Å². The molecule has 8 heteroatoms. The van der Waals surface area contributed by atoms with E-state index in [1.54, 1.807) is 15.9 Å².